The van der Waals surface area contributed by atoms with Gasteiger partial charge in [-0.05, 0) is 12.8 Å². The van der Waals surface area contributed by atoms with E-state index in [1.54, 1.807) is 0 Å². The van der Waals surface area contributed by atoms with E-state index in [1.807, 2.05) is 0 Å². The summed E-state index contributed by atoms with van der Waals surface area (Å²) in [7, 11) is 0. The van der Waals surface area contributed by atoms with Crippen molar-refractivity contribution in [3.05, 3.63) is 0 Å². The summed E-state index contributed by atoms with van der Waals surface area (Å²) in [4.78, 5) is 0. The Bertz CT molecular complexity index is 330. The van der Waals surface area contributed by atoms with Gasteiger partial charge in [0.25, 0.3) is 0 Å². The molecule has 0 aliphatic rings. The third-order valence-corrected chi connectivity index (χ3v) is 6.90. The summed E-state index contributed by atoms with van der Waals surface area (Å²) in [5, 5.41) is 0. The molecule has 0 aromatic heterocycles. The molecule has 0 radical (unpaired) electrons. The maximum Gasteiger partial charge on any atom is 0.0701 e. The molecule has 0 saturated carbocycles. The third-order valence-electron chi connectivity index (χ3n) is 6.90. The van der Waals surface area contributed by atoms with E-state index in [2.05, 4.69) is 13.8 Å². The largest absolute Gasteiger partial charge is 0.379 e. The van der Waals surface area contributed by atoms with E-state index in [0.717, 1.165) is 13.2 Å². The zero-order valence-electron chi connectivity index (χ0n) is 24.8. The molecule has 0 N–H and O–H groups in total. The molecule has 0 heterocycles. The fourth-order valence-electron chi connectivity index (χ4n) is 4.50. The first-order chi connectivity index (χ1) is 17.9. The van der Waals surface area contributed by atoms with Crippen molar-refractivity contribution in [1.29, 1.82) is 0 Å². The normalized spacial score (nSPS) is 11.5. The standard InChI is InChI=1S/C32H66O4/c1-3-5-7-9-11-12-13-14-15-16-17-18-19-20-22-24-26-34-28-30-36-32-31-35-29-27-33-25-23-21-10-8-6-4-2/h3-32H2,1-2H3. The first-order valence-electron chi connectivity index (χ1n) is 16.2. The number of hydrogen-bond donors (Lipinski definition) is 0. The number of ether oxygens (including phenoxy) is 4. The van der Waals surface area contributed by atoms with E-state index < -0.39 is 0 Å². The van der Waals surface area contributed by atoms with E-state index in [-0.39, 0.29) is 0 Å². The summed E-state index contributed by atoms with van der Waals surface area (Å²) < 4.78 is 22.4. The Morgan fingerprint density at radius 3 is 0.667 bits per heavy atom. The van der Waals surface area contributed by atoms with Gasteiger partial charge in [-0.2, -0.15) is 0 Å². The number of rotatable bonds is 33. The fourth-order valence-corrected chi connectivity index (χ4v) is 4.50. The van der Waals surface area contributed by atoms with Gasteiger partial charge in [-0.15, -0.1) is 0 Å². The highest BCUT2D eigenvalue weighted by Gasteiger charge is 1.96. The molecule has 0 bridgehead atoms. The molecule has 0 spiro atoms. The van der Waals surface area contributed by atoms with Gasteiger partial charge < -0.3 is 18.9 Å². The van der Waals surface area contributed by atoms with Gasteiger partial charge in [-0.25, -0.2) is 0 Å². The van der Waals surface area contributed by atoms with Crippen LogP contribution in [-0.4, -0.2) is 52.9 Å². The van der Waals surface area contributed by atoms with Crippen molar-refractivity contribution in [3.63, 3.8) is 0 Å². The lowest BCUT2D eigenvalue weighted by atomic mass is 10.0. The van der Waals surface area contributed by atoms with Crippen LogP contribution in [0.25, 0.3) is 0 Å². The highest BCUT2D eigenvalue weighted by molar-refractivity contribution is 4.50. The topological polar surface area (TPSA) is 36.9 Å². The van der Waals surface area contributed by atoms with Crippen LogP contribution in [0.15, 0.2) is 0 Å². The molecule has 4 nitrogen and oxygen atoms in total. The summed E-state index contributed by atoms with van der Waals surface area (Å²) in [5.41, 5.74) is 0. The Morgan fingerprint density at radius 2 is 0.417 bits per heavy atom. The molecule has 36 heavy (non-hydrogen) atoms. The van der Waals surface area contributed by atoms with Crippen molar-refractivity contribution < 1.29 is 18.9 Å². The predicted molar refractivity (Wildman–Crippen MR) is 156 cm³/mol. The Labute approximate surface area is 227 Å². The minimum Gasteiger partial charge on any atom is -0.379 e. The summed E-state index contributed by atoms with van der Waals surface area (Å²) in [6, 6.07) is 0. The number of unbranched alkanes of at least 4 members (excludes halogenated alkanes) is 20. The van der Waals surface area contributed by atoms with Crippen LogP contribution in [0.5, 0.6) is 0 Å². The maximum atomic E-state index is 5.68. The molecule has 4 heteroatoms. The average Bonchev–Trinajstić information content (AvgIpc) is 2.89. The smallest absolute Gasteiger partial charge is 0.0701 e. The Hall–Kier alpha value is -0.160. The average molecular weight is 515 g/mol. The lowest BCUT2D eigenvalue weighted by Crippen LogP contribution is -2.12. The minimum absolute atomic E-state index is 0.638. The quantitative estimate of drug-likeness (QED) is 0.0817. The Balaban J connectivity index is 3.00. The van der Waals surface area contributed by atoms with Gasteiger partial charge in [0.2, 0.25) is 0 Å². The van der Waals surface area contributed by atoms with Gasteiger partial charge in [0, 0.05) is 13.2 Å². The molecule has 0 fully saturated rings. The molecule has 218 valence electrons. The third kappa shape index (κ3) is 33.8. The van der Waals surface area contributed by atoms with E-state index in [1.165, 1.54) is 141 Å². The highest BCUT2D eigenvalue weighted by atomic mass is 16.6. The maximum absolute atomic E-state index is 5.68. The van der Waals surface area contributed by atoms with Crippen molar-refractivity contribution in [2.75, 3.05) is 52.9 Å². The summed E-state index contributed by atoms with van der Waals surface area (Å²) in [6.45, 7) is 10.3. The van der Waals surface area contributed by atoms with E-state index in [0.29, 0.717) is 39.6 Å². The lowest BCUT2D eigenvalue weighted by Gasteiger charge is -2.08. The second-order valence-corrected chi connectivity index (χ2v) is 10.5. The zero-order valence-corrected chi connectivity index (χ0v) is 24.8. The molecule has 0 atom stereocenters. The second kappa shape index (κ2) is 34.8. The summed E-state index contributed by atoms with van der Waals surface area (Å²) >= 11 is 0. The molecular weight excluding hydrogens is 448 g/mol. The van der Waals surface area contributed by atoms with Gasteiger partial charge in [-0.3, -0.25) is 0 Å². The first-order valence-corrected chi connectivity index (χ1v) is 16.2. The van der Waals surface area contributed by atoms with E-state index >= 15 is 0 Å². The van der Waals surface area contributed by atoms with Gasteiger partial charge >= 0.3 is 0 Å². The highest BCUT2D eigenvalue weighted by Crippen LogP contribution is 2.13. The van der Waals surface area contributed by atoms with Crippen molar-refractivity contribution in [3.8, 4) is 0 Å². The molecule has 0 aromatic rings. The Morgan fingerprint density at radius 1 is 0.222 bits per heavy atom. The summed E-state index contributed by atoms with van der Waals surface area (Å²) in [6.07, 6.45) is 30.3. The molecule has 0 amide bonds. The van der Waals surface area contributed by atoms with E-state index in [9.17, 15) is 0 Å². The van der Waals surface area contributed by atoms with Crippen molar-refractivity contribution in [2.24, 2.45) is 0 Å². The molecule has 0 rings (SSSR count). The van der Waals surface area contributed by atoms with Gasteiger partial charge in [0.1, 0.15) is 0 Å². The molecule has 0 saturated heterocycles. The fraction of sp³-hybridized carbons (Fsp3) is 1.00. The van der Waals surface area contributed by atoms with Crippen LogP contribution in [0.2, 0.25) is 0 Å². The Kier molecular flexibility index (Phi) is 34.7. The van der Waals surface area contributed by atoms with Crippen LogP contribution in [-0.2, 0) is 18.9 Å². The van der Waals surface area contributed by atoms with Crippen LogP contribution in [0.3, 0.4) is 0 Å². The van der Waals surface area contributed by atoms with Crippen LogP contribution < -0.4 is 0 Å². The van der Waals surface area contributed by atoms with Gasteiger partial charge in [0.05, 0.1) is 39.6 Å². The second-order valence-electron chi connectivity index (χ2n) is 10.5. The molecule has 0 aromatic carbocycles. The van der Waals surface area contributed by atoms with Crippen LogP contribution in [0.1, 0.15) is 155 Å². The first kappa shape index (κ1) is 35.8. The zero-order chi connectivity index (χ0) is 26.0. The molecule has 0 unspecified atom stereocenters. The van der Waals surface area contributed by atoms with Crippen molar-refractivity contribution in [2.45, 2.75) is 155 Å². The van der Waals surface area contributed by atoms with Gasteiger partial charge in [-0.1, -0.05) is 142 Å². The summed E-state index contributed by atoms with van der Waals surface area (Å²) in [5.74, 6) is 0. The SMILES string of the molecule is CCCCCCCCCCCCCCCCCCOCCOCCOCCOCCCCCCCC. The van der Waals surface area contributed by atoms with Gasteiger partial charge in [0.15, 0.2) is 0 Å². The predicted octanol–water partition coefficient (Wildman–Crippen LogP) is 9.67. The lowest BCUT2D eigenvalue weighted by molar-refractivity contribution is -0.00248. The van der Waals surface area contributed by atoms with Crippen molar-refractivity contribution >= 4 is 0 Å². The van der Waals surface area contributed by atoms with Crippen LogP contribution in [0.4, 0.5) is 0 Å². The van der Waals surface area contributed by atoms with E-state index in [4.69, 9.17) is 18.9 Å². The molecular formula is C32H66O4. The van der Waals surface area contributed by atoms with Crippen molar-refractivity contribution in [1.82, 2.24) is 0 Å². The van der Waals surface area contributed by atoms with Crippen LogP contribution >= 0.6 is 0 Å². The molecule has 0 aliphatic heterocycles. The van der Waals surface area contributed by atoms with Crippen LogP contribution in [0, 0.1) is 0 Å². The molecule has 0 aliphatic carbocycles. The minimum atomic E-state index is 0.638. The number of hydrogen-bond acceptors (Lipinski definition) is 4. The monoisotopic (exact) mass is 514 g/mol.